The molecule has 0 bridgehead atoms. The fourth-order valence-electron chi connectivity index (χ4n) is 3.63. The molecule has 7 N–H and O–H groups in total. The smallest absolute Gasteiger partial charge is 0.127 e. The lowest BCUT2D eigenvalue weighted by molar-refractivity contribution is 0.281. The van der Waals surface area contributed by atoms with Gasteiger partial charge < -0.3 is 36.7 Å². The minimum absolute atomic E-state index is 0.00541. The zero-order chi connectivity index (χ0) is 29.5. The largest absolute Gasteiger partial charge is 0.457 e. The van der Waals surface area contributed by atoms with Crippen molar-refractivity contribution in [3.63, 3.8) is 0 Å². The summed E-state index contributed by atoms with van der Waals surface area (Å²) >= 11 is 8.32. The third kappa shape index (κ3) is 11.6. The van der Waals surface area contributed by atoms with Crippen molar-refractivity contribution in [2.24, 2.45) is 11.5 Å². The average Bonchev–Trinajstić information content (AvgIpc) is 3.01. The van der Waals surface area contributed by atoms with Crippen LogP contribution in [-0.2, 0) is 6.61 Å². The molecule has 2 atom stereocenters. The maximum Gasteiger partial charge on any atom is 0.127 e. The first-order chi connectivity index (χ1) is 19.9. The van der Waals surface area contributed by atoms with Gasteiger partial charge in [-0.05, 0) is 84.8 Å². The summed E-state index contributed by atoms with van der Waals surface area (Å²) in [5, 5.41) is 15.7. The molecular weight excluding hydrogens is 553 g/mol. The van der Waals surface area contributed by atoms with Crippen molar-refractivity contribution in [2.45, 2.75) is 25.6 Å². The fraction of sp³-hybridized carbons (Fsp3) is 0.250. The maximum absolute atomic E-state index is 9.11. The van der Waals surface area contributed by atoms with Crippen LogP contribution in [0.15, 0.2) is 97.1 Å². The van der Waals surface area contributed by atoms with Crippen molar-refractivity contribution in [1.29, 1.82) is 0 Å². The molecule has 0 fully saturated rings. The Hall–Kier alpha value is -3.34. The molecule has 0 heterocycles. The standard InChI is InChI=1S/C16H20N2O2S.C16H20N2OS/c17-13(11-21)9-18-14-4-6-15(7-5-14)20-16-3-1-2-12(8-16)10-19;1-12-9-15(19-14-5-3-2-4-6-14)7-8-16(12)18-10-13(17)11-20/h1-8,13,18-19,21H,9-11,17H2;2-9,13,18,20H,10-11,17H2,1H3/t2*13-/m11/s1. The number of aliphatic hydroxyl groups excluding tert-OH is 1. The van der Waals surface area contributed by atoms with Gasteiger partial charge in [0, 0.05) is 48.1 Å². The lowest BCUT2D eigenvalue weighted by Gasteiger charge is -2.14. The highest BCUT2D eigenvalue weighted by Crippen LogP contribution is 2.26. The second kappa shape index (κ2) is 17.5. The second-order valence-corrected chi connectivity index (χ2v) is 10.2. The summed E-state index contributed by atoms with van der Waals surface area (Å²) in [7, 11) is 0. The lowest BCUT2D eigenvalue weighted by atomic mass is 10.2. The number of nitrogens with two attached hydrogens (primary N) is 2. The lowest BCUT2D eigenvalue weighted by Crippen LogP contribution is -2.30. The van der Waals surface area contributed by atoms with E-state index in [0.717, 1.165) is 39.8 Å². The SMILES string of the molecule is Cc1cc(Oc2ccccc2)ccc1NC[C@@H](N)CS.N[C@@H](CS)CNc1ccc(Oc2cccc(CO)c2)cc1. The molecule has 0 saturated heterocycles. The number of hydrogen-bond donors (Lipinski definition) is 7. The first-order valence-corrected chi connectivity index (χ1v) is 14.7. The predicted octanol–water partition coefficient (Wildman–Crippen LogP) is 6.10. The summed E-state index contributed by atoms with van der Waals surface area (Å²) in [5.41, 5.74) is 15.7. The molecule has 0 unspecified atom stereocenters. The third-order valence-corrected chi connectivity index (χ3v) is 6.88. The monoisotopic (exact) mass is 592 g/mol. The summed E-state index contributed by atoms with van der Waals surface area (Å²) in [6.45, 7) is 3.45. The highest BCUT2D eigenvalue weighted by molar-refractivity contribution is 7.80. The van der Waals surface area contributed by atoms with Gasteiger partial charge in [-0.3, -0.25) is 0 Å². The topological polar surface area (TPSA) is 115 Å². The number of para-hydroxylation sites is 1. The van der Waals surface area contributed by atoms with Gasteiger partial charge in [0.1, 0.15) is 23.0 Å². The molecule has 0 aliphatic rings. The minimum atomic E-state index is 0.00541. The quantitative estimate of drug-likeness (QED) is 0.0939. The Bertz CT molecular complexity index is 1310. The van der Waals surface area contributed by atoms with Crippen LogP contribution < -0.4 is 31.6 Å². The molecule has 0 saturated carbocycles. The van der Waals surface area contributed by atoms with Gasteiger partial charge in [-0.2, -0.15) is 25.3 Å². The number of ether oxygens (including phenoxy) is 2. The van der Waals surface area contributed by atoms with Gasteiger partial charge in [0.15, 0.2) is 0 Å². The molecule has 7 nitrogen and oxygen atoms in total. The minimum Gasteiger partial charge on any atom is -0.457 e. The van der Waals surface area contributed by atoms with E-state index in [9.17, 15) is 0 Å². The van der Waals surface area contributed by atoms with Crippen LogP contribution in [0.25, 0.3) is 0 Å². The normalized spacial score (nSPS) is 12.0. The number of hydrogen-bond acceptors (Lipinski definition) is 9. The van der Waals surface area contributed by atoms with E-state index in [2.05, 4.69) is 35.9 Å². The molecular formula is C32H40N4O3S2. The molecule has 0 amide bonds. The van der Waals surface area contributed by atoms with Crippen molar-refractivity contribution in [3.05, 3.63) is 108 Å². The molecule has 0 aromatic heterocycles. The molecule has 4 rings (SSSR count). The summed E-state index contributed by atoms with van der Waals surface area (Å²) in [4.78, 5) is 0. The van der Waals surface area contributed by atoms with E-state index >= 15 is 0 Å². The Morgan fingerprint density at radius 1 is 0.683 bits per heavy atom. The van der Waals surface area contributed by atoms with Gasteiger partial charge in [-0.15, -0.1) is 0 Å². The molecule has 4 aromatic carbocycles. The number of thiol groups is 2. The van der Waals surface area contributed by atoms with Crippen LogP contribution >= 0.6 is 25.3 Å². The Balaban J connectivity index is 0.000000226. The number of aryl methyl sites for hydroxylation is 1. The Labute approximate surface area is 254 Å². The first kappa shape index (κ1) is 32.2. The molecule has 41 heavy (non-hydrogen) atoms. The van der Waals surface area contributed by atoms with Crippen molar-refractivity contribution < 1.29 is 14.6 Å². The van der Waals surface area contributed by atoms with E-state index < -0.39 is 0 Å². The molecule has 0 radical (unpaired) electrons. The van der Waals surface area contributed by atoms with Crippen LogP contribution in [0.2, 0.25) is 0 Å². The van der Waals surface area contributed by atoms with Crippen molar-refractivity contribution in [3.8, 4) is 23.0 Å². The zero-order valence-electron chi connectivity index (χ0n) is 23.2. The van der Waals surface area contributed by atoms with Crippen LogP contribution in [0.3, 0.4) is 0 Å². The molecule has 0 aliphatic heterocycles. The fourth-order valence-corrected chi connectivity index (χ4v) is 3.88. The predicted molar refractivity (Wildman–Crippen MR) is 177 cm³/mol. The molecule has 0 aliphatic carbocycles. The van der Waals surface area contributed by atoms with Crippen LogP contribution in [0.4, 0.5) is 11.4 Å². The van der Waals surface area contributed by atoms with Gasteiger partial charge >= 0.3 is 0 Å². The number of nitrogens with one attached hydrogen (secondary N) is 2. The Kier molecular flexibility index (Phi) is 13.7. The van der Waals surface area contributed by atoms with Crippen molar-refractivity contribution >= 4 is 36.6 Å². The Morgan fingerprint density at radius 2 is 1.24 bits per heavy atom. The first-order valence-electron chi connectivity index (χ1n) is 13.4. The number of rotatable bonds is 13. The summed E-state index contributed by atoms with van der Waals surface area (Å²) in [6.07, 6.45) is 0. The molecule has 9 heteroatoms. The Morgan fingerprint density at radius 3 is 1.85 bits per heavy atom. The van der Waals surface area contributed by atoms with E-state index in [1.54, 1.807) is 0 Å². The van der Waals surface area contributed by atoms with E-state index in [4.69, 9.17) is 26.0 Å². The molecule has 218 valence electrons. The highest BCUT2D eigenvalue weighted by Gasteiger charge is 2.05. The second-order valence-electron chi connectivity index (χ2n) is 9.47. The van der Waals surface area contributed by atoms with Crippen LogP contribution in [0.5, 0.6) is 23.0 Å². The van der Waals surface area contributed by atoms with Gasteiger partial charge in [0.2, 0.25) is 0 Å². The van der Waals surface area contributed by atoms with Crippen molar-refractivity contribution in [2.75, 3.05) is 35.2 Å². The van der Waals surface area contributed by atoms with Gasteiger partial charge in [-0.1, -0.05) is 30.3 Å². The third-order valence-electron chi connectivity index (χ3n) is 5.94. The van der Waals surface area contributed by atoms with E-state index in [1.807, 2.05) is 104 Å². The average molecular weight is 593 g/mol. The van der Waals surface area contributed by atoms with E-state index in [-0.39, 0.29) is 18.7 Å². The molecule has 4 aromatic rings. The molecule has 0 spiro atoms. The number of anilines is 2. The van der Waals surface area contributed by atoms with Crippen LogP contribution in [0, 0.1) is 6.92 Å². The van der Waals surface area contributed by atoms with Gasteiger partial charge in [0.05, 0.1) is 6.61 Å². The van der Waals surface area contributed by atoms with E-state index in [1.165, 1.54) is 0 Å². The van der Waals surface area contributed by atoms with Crippen LogP contribution in [-0.4, -0.2) is 41.8 Å². The maximum atomic E-state index is 9.11. The van der Waals surface area contributed by atoms with Crippen molar-refractivity contribution in [1.82, 2.24) is 0 Å². The number of aliphatic hydroxyl groups is 1. The van der Waals surface area contributed by atoms with Gasteiger partial charge in [0.25, 0.3) is 0 Å². The summed E-state index contributed by atoms with van der Waals surface area (Å²) < 4.78 is 11.5. The summed E-state index contributed by atoms with van der Waals surface area (Å²) in [5.74, 6) is 4.44. The summed E-state index contributed by atoms with van der Waals surface area (Å²) in [6, 6.07) is 30.9. The van der Waals surface area contributed by atoms with Gasteiger partial charge in [-0.25, -0.2) is 0 Å². The zero-order valence-corrected chi connectivity index (χ0v) is 25.0. The van der Waals surface area contributed by atoms with E-state index in [0.29, 0.717) is 30.3 Å². The number of benzene rings is 4. The highest BCUT2D eigenvalue weighted by atomic mass is 32.1. The van der Waals surface area contributed by atoms with Crippen LogP contribution in [0.1, 0.15) is 11.1 Å².